The highest BCUT2D eigenvalue weighted by molar-refractivity contribution is 7.15. The lowest BCUT2D eigenvalue weighted by Gasteiger charge is -1.96. The average Bonchev–Trinajstić information content (AvgIpc) is 2.37. The highest BCUT2D eigenvalue weighted by Crippen LogP contribution is 2.12. The van der Waals surface area contributed by atoms with Crippen molar-refractivity contribution < 1.29 is 0 Å². The molecule has 0 aliphatic heterocycles. The molecule has 0 atom stereocenters. The summed E-state index contributed by atoms with van der Waals surface area (Å²) < 4.78 is 0. The first kappa shape index (κ1) is 8.74. The summed E-state index contributed by atoms with van der Waals surface area (Å²) in [6, 6.07) is 0. The summed E-state index contributed by atoms with van der Waals surface area (Å²) in [7, 11) is 0. The number of halogens is 1. The minimum atomic E-state index is 0.685. The van der Waals surface area contributed by atoms with Crippen LogP contribution in [0.2, 0.25) is 0 Å². The Balaban J connectivity index is 2.27. The molecule has 1 N–H and O–H groups in total. The number of alkyl halides is 1. The largest absolute Gasteiger partial charge is 0.360 e. The molecule has 0 aliphatic carbocycles. The Hall–Kier alpha value is -0.350. The number of aromatic nitrogens is 2. The van der Waals surface area contributed by atoms with Gasteiger partial charge in [0.05, 0.1) is 0 Å². The molecule has 0 bridgehead atoms. The molecule has 5 heteroatoms. The second kappa shape index (κ2) is 4.51. The Morgan fingerprint density at radius 2 is 2.36 bits per heavy atom. The zero-order valence-corrected chi connectivity index (χ0v) is 7.87. The molecule has 0 fully saturated rings. The van der Waals surface area contributed by atoms with E-state index in [2.05, 4.69) is 15.5 Å². The van der Waals surface area contributed by atoms with E-state index in [0.717, 1.165) is 23.1 Å². The summed E-state index contributed by atoms with van der Waals surface area (Å²) >= 11 is 7.06. The van der Waals surface area contributed by atoms with Crippen LogP contribution in [-0.2, 0) is 0 Å². The quantitative estimate of drug-likeness (QED) is 0.584. The van der Waals surface area contributed by atoms with Crippen LogP contribution in [0.3, 0.4) is 0 Å². The van der Waals surface area contributed by atoms with Crippen molar-refractivity contribution in [1.82, 2.24) is 10.2 Å². The number of hydrogen-bond acceptors (Lipinski definition) is 4. The maximum atomic E-state index is 5.50. The van der Waals surface area contributed by atoms with E-state index in [0.29, 0.717) is 5.88 Å². The monoisotopic (exact) mass is 191 g/mol. The van der Waals surface area contributed by atoms with E-state index in [1.54, 1.807) is 11.3 Å². The predicted octanol–water partition coefficient (Wildman–Crippen LogP) is 1.89. The number of nitrogens with one attached hydrogen (secondary N) is 1. The van der Waals surface area contributed by atoms with Gasteiger partial charge in [0.1, 0.15) is 5.01 Å². The van der Waals surface area contributed by atoms with Crippen molar-refractivity contribution >= 4 is 28.1 Å². The van der Waals surface area contributed by atoms with E-state index in [1.165, 1.54) is 0 Å². The van der Waals surface area contributed by atoms with Crippen LogP contribution >= 0.6 is 22.9 Å². The van der Waals surface area contributed by atoms with Crippen molar-refractivity contribution in [2.24, 2.45) is 0 Å². The molecule has 1 aromatic heterocycles. The van der Waals surface area contributed by atoms with E-state index in [1.807, 2.05) is 6.92 Å². The van der Waals surface area contributed by atoms with Crippen molar-refractivity contribution in [2.75, 3.05) is 17.7 Å². The molecule has 0 saturated heterocycles. The van der Waals surface area contributed by atoms with Gasteiger partial charge in [-0.2, -0.15) is 0 Å². The summed E-state index contributed by atoms with van der Waals surface area (Å²) in [6.45, 7) is 2.81. The molecule has 1 aromatic rings. The molecule has 1 rings (SSSR count). The van der Waals surface area contributed by atoms with Gasteiger partial charge in [0.25, 0.3) is 0 Å². The second-order valence-electron chi connectivity index (χ2n) is 2.10. The molecule has 1 heterocycles. The van der Waals surface area contributed by atoms with Gasteiger partial charge >= 0.3 is 0 Å². The Bertz CT molecular complexity index is 213. The third-order valence-electron chi connectivity index (χ3n) is 1.11. The number of hydrogen-bond donors (Lipinski definition) is 1. The fraction of sp³-hybridized carbons (Fsp3) is 0.667. The number of nitrogens with zero attached hydrogens (tertiary/aromatic N) is 2. The van der Waals surface area contributed by atoms with Crippen LogP contribution in [0.25, 0.3) is 0 Å². The summed E-state index contributed by atoms with van der Waals surface area (Å²) in [5.41, 5.74) is 0. The van der Waals surface area contributed by atoms with E-state index >= 15 is 0 Å². The van der Waals surface area contributed by atoms with E-state index in [-0.39, 0.29) is 0 Å². The van der Waals surface area contributed by atoms with E-state index in [9.17, 15) is 0 Å². The van der Waals surface area contributed by atoms with Gasteiger partial charge in [-0.1, -0.05) is 11.3 Å². The molecule has 0 saturated carbocycles. The highest BCUT2D eigenvalue weighted by Gasteiger charge is 1.96. The Morgan fingerprint density at radius 1 is 1.55 bits per heavy atom. The summed E-state index contributed by atoms with van der Waals surface area (Å²) in [5, 5.41) is 12.8. The average molecular weight is 192 g/mol. The predicted molar refractivity (Wildman–Crippen MR) is 48.5 cm³/mol. The normalized spacial score (nSPS) is 10.0. The van der Waals surface area contributed by atoms with Gasteiger partial charge in [-0.15, -0.1) is 21.8 Å². The van der Waals surface area contributed by atoms with Crippen LogP contribution in [0, 0.1) is 6.92 Å². The fourth-order valence-corrected chi connectivity index (χ4v) is 1.38. The third-order valence-corrected chi connectivity index (χ3v) is 2.18. The van der Waals surface area contributed by atoms with Gasteiger partial charge < -0.3 is 5.32 Å². The molecular weight excluding hydrogens is 182 g/mol. The zero-order chi connectivity index (χ0) is 8.10. The van der Waals surface area contributed by atoms with Crippen molar-refractivity contribution in [3.05, 3.63) is 5.01 Å². The first-order chi connectivity index (χ1) is 5.33. The lowest BCUT2D eigenvalue weighted by atomic mass is 10.5. The van der Waals surface area contributed by atoms with Crippen molar-refractivity contribution in [1.29, 1.82) is 0 Å². The van der Waals surface area contributed by atoms with Crippen LogP contribution in [0.15, 0.2) is 0 Å². The fourth-order valence-electron chi connectivity index (χ4n) is 0.630. The summed E-state index contributed by atoms with van der Waals surface area (Å²) in [4.78, 5) is 0. The van der Waals surface area contributed by atoms with Gasteiger partial charge in [0.15, 0.2) is 0 Å². The van der Waals surface area contributed by atoms with Gasteiger partial charge in [-0.25, -0.2) is 0 Å². The van der Waals surface area contributed by atoms with Crippen LogP contribution in [0.1, 0.15) is 11.4 Å². The maximum Gasteiger partial charge on any atom is 0.205 e. The van der Waals surface area contributed by atoms with Gasteiger partial charge in [-0.3, -0.25) is 0 Å². The molecule has 0 spiro atoms. The minimum Gasteiger partial charge on any atom is -0.360 e. The lowest BCUT2D eigenvalue weighted by Crippen LogP contribution is -2.01. The second-order valence-corrected chi connectivity index (χ2v) is 3.66. The molecule has 0 amide bonds. The van der Waals surface area contributed by atoms with Crippen LogP contribution < -0.4 is 5.32 Å². The molecule has 0 unspecified atom stereocenters. The first-order valence-electron chi connectivity index (χ1n) is 3.43. The Kier molecular flexibility index (Phi) is 3.59. The smallest absolute Gasteiger partial charge is 0.205 e. The van der Waals surface area contributed by atoms with Crippen LogP contribution in [-0.4, -0.2) is 22.6 Å². The van der Waals surface area contributed by atoms with Crippen molar-refractivity contribution in [2.45, 2.75) is 13.3 Å². The highest BCUT2D eigenvalue weighted by atomic mass is 35.5. The standard InChI is InChI=1S/C6H10ClN3S/c1-5-9-10-6(11-5)8-4-2-3-7/h2-4H2,1H3,(H,8,10). The van der Waals surface area contributed by atoms with Crippen LogP contribution in [0.4, 0.5) is 5.13 Å². The topological polar surface area (TPSA) is 37.8 Å². The number of anilines is 1. The Labute approximate surface area is 74.8 Å². The molecule has 0 radical (unpaired) electrons. The van der Waals surface area contributed by atoms with Crippen molar-refractivity contribution in [3.63, 3.8) is 0 Å². The van der Waals surface area contributed by atoms with Crippen molar-refractivity contribution in [3.8, 4) is 0 Å². The zero-order valence-electron chi connectivity index (χ0n) is 6.30. The SMILES string of the molecule is Cc1nnc(NCCCCl)s1. The molecule has 0 aromatic carbocycles. The number of rotatable bonds is 4. The number of aryl methyl sites for hydroxylation is 1. The van der Waals surface area contributed by atoms with E-state index < -0.39 is 0 Å². The lowest BCUT2D eigenvalue weighted by molar-refractivity contribution is 0.964. The molecule has 3 nitrogen and oxygen atoms in total. The summed E-state index contributed by atoms with van der Waals surface area (Å²) in [6.07, 6.45) is 0.959. The maximum absolute atomic E-state index is 5.50. The summed E-state index contributed by atoms with van der Waals surface area (Å²) in [5.74, 6) is 0.685. The van der Waals surface area contributed by atoms with Gasteiger partial charge in [0.2, 0.25) is 5.13 Å². The van der Waals surface area contributed by atoms with Gasteiger partial charge in [-0.05, 0) is 13.3 Å². The van der Waals surface area contributed by atoms with E-state index in [4.69, 9.17) is 11.6 Å². The molecular formula is C6H10ClN3S. The first-order valence-corrected chi connectivity index (χ1v) is 4.78. The Morgan fingerprint density at radius 3 is 2.91 bits per heavy atom. The molecule has 11 heavy (non-hydrogen) atoms. The minimum absolute atomic E-state index is 0.685. The third kappa shape index (κ3) is 3.03. The van der Waals surface area contributed by atoms with Gasteiger partial charge in [0, 0.05) is 12.4 Å². The molecule has 0 aliphatic rings. The van der Waals surface area contributed by atoms with Crippen LogP contribution in [0.5, 0.6) is 0 Å². The molecule has 62 valence electrons.